The molecular weight excluding hydrogens is 301 g/mol. The highest BCUT2D eigenvalue weighted by Gasteiger charge is 2.26. The maximum absolute atomic E-state index is 12.1. The van der Waals surface area contributed by atoms with Crippen molar-refractivity contribution in [3.05, 3.63) is 35.5 Å². The lowest BCUT2D eigenvalue weighted by Gasteiger charge is -2.17. The molecule has 1 heterocycles. The molecule has 2 aromatic rings. The van der Waals surface area contributed by atoms with Crippen LogP contribution in [0.3, 0.4) is 0 Å². The van der Waals surface area contributed by atoms with Crippen LogP contribution in [0.15, 0.2) is 30.5 Å². The van der Waals surface area contributed by atoms with Crippen molar-refractivity contribution in [3.8, 4) is 0 Å². The molecule has 0 bridgehead atoms. The van der Waals surface area contributed by atoms with Crippen LogP contribution >= 0.6 is 11.6 Å². The van der Waals surface area contributed by atoms with Crippen LogP contribution in [0.4, 0.5) is 18.9 Å². The number of hydrogen-bond donors (Lipinski definition) is 1. The third-order valence-electron chi connectivity index (χ3n) is 3.22. The Labute approximate surface area is 126 Å². The summed E-state index contributed by atoms with van der Waals surface area (Å²) in [7, 11) is 0. The van der Waals surface area contributed by atoms with Gasteiger partial charge in [-0.15, -0.1) is 0 Å². The third kappa shape index (κ3) is 4.49. The Balaban J connectivity index is 2.04. The van der Waals surface area contributed by atoms with Gasteiger partial charge in [0.1, 0.15) is 0 Å². The molecule has 1 atom stereocenters. The number of alkyl halides is 3. The summed E-state index contributed by atoms with van der Waals surface area (Å²) in [6.45, 7) is 1.87. The predicted molar refractivity (Wildman–Crippen MR) is 79.7 cm³/mol. The second-order valence-electron chi connectivity index (χ2n) is 5.05. The van der Waals surface area contributed by atoms with Crippen molar-refractivity contribution >= 4 is 28.2 Å². The Hall–Kier alpha value is -1.49. The van der Waals surface area contributed by atoms with E-state index in [2.05, 4.69) is 10.3 Å². The average molecular weight is 317 g/mol. The van der Waals surface area contributed by atoms with Gasteiger partial charge < -0.3 is 5.32 Å². The first-order valence-corrected chi connectivity index (χ1v) is 7.11. The molecule has 0 aliphatic carbocycles. The second kappa shape index (κ2) is 6.52. The van der Waals surface area contributed by atoms with Crippen LogP contribution in [-0.4, -0.2) is 17.2 Å². The molecule has 0 fully saturated rings. The molecule has 21 heavy (non-hydrogen) atoms. The summed E-state index contributed by atoms with van der Waals surface area (Å²) in [4.78, 5) is 4.22. The number of nitrogens with zero attached hydrogens (tertiary/aromatic N) is 1. The maximum Gasteiger partial charge on any atom is 0.389 e. The number of rotatable bonds is 5. The molecule has 1 aromatic carbocycles. The highest BCUT2D eigenvalue weighted by molar-refractivity contribution is 6.35. The van der Waals surface area contributed by atoms with Gasteiger partial charge in [-0.3, -0.25) is 4.98 Å². The first-order chi connectivity index (χ1) is 9.87. The number of hydrogen-bond acceptors (Lipinski definition) is 2. The van der Waals surface area contributed by atoms with Crippen LogP contribution in [0.5, 0.6) is 0 Å². The molecule has 0 radical (unpaired) electrons. The van der Waals surface area contributed by atoms with E-state index in [0.29, 0.717) is 17.0 Å². The molecule has 1 unspecified atom stereocenters. The Morgan fingerprint density at radius 1 is 1.29 bits per heavy atom. The lowest BCUT2D eigenvalue weighted by molar-refractivity contribution is -0.135. The number of pyridine rings is 1. The van der Waals surface area contributed by atoms with Gasteiger partial charge in [0.2, 0.25) is 0 Å². The summed E-state index contributed by atoms with van der Waals surface area (Å²) in [6, 6.07) is 7.20. The zero-order valence-corrected chi connectivity index (χ0v) is 12.3. The van der Waals surface area contributed by atoms with Gasteiger partial charge >= 0.3 is 6.18 Å². The first-order valence-electron chi connectivity index (χ1n) is 6.73. The van der Waals surface area contributed by atoms with Gasteiger partial charge in [-0.1, -0.05) is 11.6 Å². The van der Waals surface area contributed by atoms with Crippen molar-refractivity contribution in [2.24, 2.45) is 0 Å². The van der Waals surface area contributed by atoms with E-state index in [1.165, 1.54) is 0 Å². The van der Waals surface area contributed by atoms with E-state index in [1.54, 1.807) is 18.3 Å². The molecule has 0 amide bonds. The number of nitrogens with one attached hydrogen (secondary N) is 1. The molecule has 1 N–H and O–H groups in total. The van der Waals surface area contributed by atoms with Crippen LogP contribution in [0, 0.1) is 0 Å². The smallest absolute Gasteiger partial charge is 0.382 e. The Kier molecular flexibility index (Phi) is 4.93. The molecule has 1 aromatic heterocycles. The predicted octanol–water partition coefficient (Wildman–Crippen LogP) is 5.42. The quantitative estimate of drug-likeness (QED) is 0.796. The number of anilines is 1. The number of benzene rings is 1. The fourth-order valence-corrected chi connectivity index (χ4v) is 2.42. The van der Waals surface area contributed by atoms with Gasteiger partial charge in [-0.05, 0) is 44.0 Å². The number of aromatic nitrogens is 1. The van der Waals surface area contributed by atoms with E-state index >= 15 is 0 Å². The molecule has 2 nitrogen and oxygen atoms in total. The summed E-state index contributed by atoms with van der Waals surface area (Å²) >= 11 is 6.08. The van der Waals surface area contributed by atoms with Gasteiger partial charge in [0.25, 0.3) is 0 Å². The fraction of sp³-hybridized carbons (Fsp3) is 0.400. The van der Waals surface area contributed by atoms with Gasteiger partial charge in [-0.2, -0.15) is 13.2 Å². The molecule has 0 saturated carbocycles. The van der Waals surface area contributed by atoms with Crippen LogP contribution in [0.25, 0.3) is 10.9 Å². The van der Waals surface area contributed by atoms with Crippen LogP contribution in [0.1, 0.15) is 26.2 Å². The molecule has 0 aliphatic rings. The average Bonchev–Trinajstić information content (AvgIpc) is 2.41. The number of fused-ring (bicyclic) bond motifs is 1. The van der Waals surface area contributed by atoms with Crippen molar-refractivity contribution in [3.63, 3.8) is 0 Å². The summed E-state index contributed by atoms with van der Waals surface area (Å²) in [5, 5.41) is 4.66. The first kappa shape index (κ1) is 15.9. The SMILES string of the molecule is CC(CCCC(F)(F)F)Nc1ccc(Cl)c2ncccc12. The second-order valence-corrected chi connectivity index (χ2v) is 5.45. The summed E-state index contributed by atoms with van der Waals surface area (Å²) in [5.41, 5.74) is 1.52. The minimum Gasteiger partial charge on any atom is -0.382 e. The lowest BCUT2D eigenvalue weighted by Crippen LogP contribution is -2.17. The minimum atomic E-state index is -4.09. The highest BCUT2D eigenvalue weighted by Crippen LogP contribution is 2.29. The summed E-state index contributed by atoms with van der Waals surface area (Å²) in [5.74, 6) is 0. The molecule has 0 spiro atoms. The highest BCUT2D eigenvalue weighted by atomic mass is 35.5. The van der Waals surface area contributed by atoms with E-state index in [-0.39, 0.29) is 12.5 Å². The topological polar surface area (TPSA) is 24.9 Å². The van der Waals surface area contributed by atoms with Crippen molar-refractivity contribution in [2.45, 2.75) is 38.4 Å². The van der Waals surface area contributed by atoms with E-state index in [9.17, 15) is 13.2 Å². The van der Waals surface area contributed by atoms with Crippen molar-refractivity contribution in [2.75, 3.05) is 5.32 Å². The molecule has 0 aliphatic heterocycles. The molecule has 114 valence electrons. The van der Waals surface area contributed by atoms with E-state index in [1.807, 2.05) is 19.1 Å². The van der Waals surface area contributed by atoms with Crippen LogP contribution < -0.4 is 5.32 Å². The Morgan fingerprint density at radius 2 is 2.05 bits per heavy atom. The largest absolute Gasteiger partial charge is 0.389 e. The zero-order valence-electron chi connectivity index (χ0n) is 11.5. The van der Waals surface area contributed by atoms with Gasteiger partial charge in [0.15, 0.2) is 0 Å². The van der Waals surface area contributed by atoms with Crippen molar-refractivity contribution in [1.29, 1.82) is 0 Å². The van der Waals surface area contributed by atoms with Gasteiger partial charge in [0.05, 0.1) is 10.5 Å². The molecular formula is C15H16ClF3N2. The van der Waals surface area contributed by atoms with E-state index < -0.39 is 12.6 Å². The van der Waals surface area contributed by atoms with Crippen LogP contribution in [-0.2, 0) is 0 Å². The van der Waals surface area contributed by atoms with E-state index in [4.69, 9.17) is 11.6 Å². The lowest BCUT2D eigenvalue weighted by atomic mass is 10.1. The molecule has 0 saturated heterocycles. The Morgan fingerprint density at radius 3 is 2.76 bits per heavy atom. The van der Waals surface area contributed by atoms with Crippen LogP contribution in [0.2, 0.25) is 5.02 Å². The monoisotopic (exact) mass is 316 g/mol. The van der Waals surface area contributed by atoms with Gasteiger partial charge in [-0.25, -0.2) is 0 Å². The third-order valence-corrected chi connectivity index (χ3v) is 3.52. The molecule has 2 rings (SSSR count). The normalized spacial score (nSPS) is 13.4. The van der Waals surface area contributed by atoms with E-state index in [0.717, 1.165) is 11.1 Å². The van der Waals surface area contributed by atoms with Gasteiger partial charge in [0, 0.05) is 29.7 Å². The minimum absolute atomic E-state index is 0.0584. The Bertz CT molecular complexity index is 613. The summed E-state index contributed by atoms with van der Waals surface area (Å²) < 4.78 is 36.4. The fourth-order valence-electron chi connectivity index (χ4n) is 2.21. The zero-order chi connectivity index (χ0) is 15.5. The molecule has 6 heteroatoms. The van der Waals surface area contributed by atoms with Crippen molar-refractivity contribution in [1.82, 2.24) is 4.98 Å². The standard InChI is InChI=1S/C15H16ClF3N2/c1-10(4-2-8-15(17,18)19)21-13-7-6-12(16)14-11(13)5-3-9-20-14/h3,5-7,9-10,21H,2,4,8H2,1H3. The number of halogens is 4. The maximum atomic E-state index is 12.1. The van der Waals surface area contributed by atoms with Crippen molar-refractivity contribution < 1.29 is 13.2 Å². The summed E-state index contributed by atoms with van der Waals surface area (Å²) in [6.07, 6.45) is -2.62.